The molecule has 40 heavy (non-hydrogen) atoms. The normalized spacial score (nSPS) is 11.7. The summed E-state index contributed by atoms with van der Waals surface area (Å²) in [6.45, 7) is 11.2. The topological polar surface area (TPSA) is 45.7 Å². The molecule has 198 valence electrons. The van der Waals surface area contributed by atoms with Crippen LogP contribution in [-0.2, 0) is 7.05 Å². The number of imidazole rings is 1. The van der Waals surface area contributed by atoms with Crippen molar-refractivity contribution in [3.05, 3.63) is 107 Å². The molecule has 6 aromatic rings. The highest BCUT2D eigenvalue weighted by Crippen LogP contribution is 2.40. The van der Waals surface area contributed by atoms with Crippen LogP contribution < -0.4 is 4.57 Å². The Labute approximate surface area is 235 Å². The molecule has 0 atom stereocenters. The molecule has 0 spiro atoms. The van der Waals surface area contributed by atoms with Crippen molar-refractivity contribution in [3.63, 3.8) is 0 Å². The number of benzene rings is 4. The predicted octanol–water partition coefficient (Wildman–Crippen LogP) is 8.96. The molecule has 4 nitrogen and oxygen atoms in total. The second-order valence-electron chi connectivity index (χ2n) is 11.3. The molecule has 2 heterocycles. The number of nitrogens with zero attached hydrogens (tertiary/aromatic N) is 3. The average molecular weight is 525 g/mol. The van der Waals surface area contributed by atoms with Gasteiger partial charge in [0.2, 0.25) is 0 Å². The van der Waals surface area contributed by atoms with Gasteiger partial charge >= 0.3 is 0 Å². The molecule has 6 rings (SSSR count). The van der Waals surface area contributed by atoms with Crippen LogP contribution in [0.15, 0.2) is 89.5 Å². The van der Waals surface area contributed by atoms with Crippen LogP contribution in [0.5, 0.6) is 0 Å². The van der Waals surface area contributed by atoms with Crippen molar-refractivity contribution in [3.8, 4) is 34.3 Å². The number of aromatic nitrogens is 2. The minimum absolute atomic E-state index is 0.281. The first kappa shape index (κ1) is 25.6. The Kier molecular flexibility index (Phi) is 6.31. The maximum atomic E-state index is 9.86. The molecule has 0 N–H and O–H groups in total. The Morgan fingerprint density at radius 2 is 1.52 bits per heavy atom. The fraction of sp³-hybridized carbons (Fsp3) is 0.222. The number of rotatable bonds is 5. The van der Waals surface area contributed by atoms with Crippen LogP contribution in [0.25, 0.3) is 50.2 Å². The molecule has 0 unspecified atom stereocenters. The predicted molar refractivity (Wildman–Crippen MR) is 163 cm³/mol. The van der Waals surface area contributed by atoms with E-state index in [0.29, 0.717) is 5.56 Å². The van der Waals surface area contributed by atoms with Gasteiger partial charge in [-0.1, -0.05) is 58.0 Å². The average Bonchev–Trinajstić information content (AvgIpc) is 3.56. The molecule has 4 heteroatoms. The van der Waals surface area contributed by atoms with E-state index in [1.807, 2.05) is 18.2 Å². The number of fused-ring (bicyclic) bond motifs is 2. The number of hydrogen-bond donors (Lipinski definition) is 0. The zero-order chi connectivity index (χ0) is 28.1. The SMILES string of the molecule is Cc1c(-c2n(-c3c(C(C)C)cc(-c4ccccc4)cc3C(C)C)c3cc(C#N)ccc3[n+]2C)ccc2occc12. The number of furan rings is 1. The first-order chi connectivity index (χ1) is 19.3. The monoisotopic (exact) mass is 524 g/mol. The van der Waals surface area contributed by atoms with Crippen molar-refractivity contribution < 1.29 is 8.98 Å². The van der Waals surface area contributed by atoms with E-state index in [1.54, 1.807) is 6.26 Å². The first-order valence-corrected chi connectivity index (χ1v) is 14.0. The van der Waals surface area contributed by atoms with Crippen LogP contribution in [0.2, 0.25) is 0 Å². The number of aryl methyl sites for hydroxylation is 2. The molecule has 0 fully saturated rings. The van der Waals surface area contributed by atoms with Gasteiger partial charge in [0.05, 0.1) is 30.5 Å². The summed E-state index contributed by atoms with van der Waals surface area (Å²) < 4.78 is 10.4. The first-order valence-electron chi connectivity index (χ1n) is 14.0. The van der Waals surface area contributed by atoms with E-state index in [-0.39, 0.29) is 11.8 Å². The second-order valence-corrected chi connectivity index (χ2v) is 11.3. The summed E-state index contributed by atoms with van der Waals surface area (Å²) in [4.78, 5) is 0. The summed E-state index contributed by atoms with van der Waals surface area (Å²) in [6, 6.07) is 30.0. The lowest BCUT2D eigenvalue weighted by Gasteiger charge is -2.21. The van der Waals surface area contributed by atoms with Gasteiger partial charge in [-0.3, -0.25) is 0 Å². The smallest absolute Gasteiger partial charge is 0.295 e. The van der Waals surface area contributed by atoms with E-state index in [1.165, 1.54) is 33.5 Å². The van der Waals surface area contributed by atoms with Gasteiger partial charge in [0.25, 0.3) is 5.82 Å². The van der Waals surface area contributed by atoms with Gasteiger partial charge in [0.15, 0.2) is 11.0 Å². The Balaban J connectivity index is 1.79. The van der Waals surface area contributed by atoms with Crippen molar-refractivity contribution in [2.24, 2.45) is 7.05 Å². The molecule has 0 radical (unpaired) electrons. The molecular formula is C36H34N3O+. The molecule has 0 aliphatic carbocycles. The van der Waals surface area contributed by atoms with Crippen molar-refractivity contribution in [1.82, 2.24) is 4.57 Å². The van der Waals surface area contributed by atoms with Crippen LogP contribution in [-0.4, -0.2) is 4.57 Å². The third kappa shape index (κ3) is 4.01. The van der Waals surface area contributed by atoms with Gasteiger partial charge in [-0.05, 0) is 77.9 Å². The van der Waals surface area contributed by atoms with Crippen molar-refractivity contribution in [1.29, 1.82) is 5.26 Å². The van der Waals surface area contributed by atoms with E-state index in [9.17, 15) is 5.26 Å². The third-order valence-corrected chi connectivity index (χ3v) is 8.13. The zero-order valence-electron chi connectivity index (χ0n) is 24.0. The molecule has 0 amide bonds. The van der Waals surface area contributed by atoms with Gasteiger partial charge in [-0.2, -0.15) is 9.83 Å². The molecule has 4 aromatic carbocycles. The van der Waals surface area contributed by atoms with E-state index in [4.69, 9.17) is 4.42 Å². The van der Waals surface area contributed by atoms with Gasteiger partial charge in [-0.15, -0.1) is 0 Å². The van der Waals surface area contributed by atoms with Crippen LogP contribution in [0.1, 0.15) is 61.8 Å². The lowest BCUT2D eigenvalue weighted by atomic mass is 9.88. The van der Waals surface area contributed by atoms with E-state index in [0.717, 1.165) is 33.4 Å². The Morgan fingerprint density at radius 3 is 2.17 bits per heavy atom. The Bertz CT molecular complexity index is 1900. The molecule has 0 saturated heterocycles. The fourth-order valence-corrected chi connectivity index (χ4v) is 6.01. The van der Waals surface area contributed by atoms with Crippen LogP contribution >= 0.6 is 0 Å². The van der Waals surface area contributed by atoms with E-state index >= 15 is 0 Å². The van der Waals surface area contributed by atoms with E-state index in [2.05, 4.69) is 118 Å². The standard InChI is InChI=1S/C36H34N3O/c1-22(2)30-19-27(26-10-8-7-9-11-26)20-31(23(3)4)35(30)39-33-18-25(21-37)12-14-32(33)38(6)36(39)29-13-15-34-28(24(29)5)16-17-40-34/h7-20,22-23H,1-6H3/q+1. The van der Waals surface area contributed by atoms with E-state index < -0.39 is 0 Å². The number of hydrogen-bond acceptors (Lipinski definition) is 2. The van der Waals surface area contributed by atoms with Crippen LogP contribution in [0.4, 0.5) is 0 Å². The lowest BCUT2D eigenvalue weighted by Crippen LogP contribution is -2.30. The van der Waals surface area contributed by atoms with Crippen molar-refractivity contribution in [2.75, 3.05) is 0 Å². The summed E-state index contributed by atoms with van der Waals surface area (Å²) in [5, 5.41) is 11.0. The molecule has 0 saturated carbocycles. The Morgan fingerprint density at radius 1 is 0.825 bits per heavy atom. The zero-order valence-corrected chi connectivity index (χ0v) is 24.0. The highest BCUT2D eigenvalue weighted by atomic mass is 16.3. The second kappa shape index (κ2) is 9.84. The lowest BCUT2D eigenvalue weighted by molar-refractivity contribution is -0.633. The Hall–Kier alpha value is -4.62. The molecule has 2 aromatic heterocycles. The minimum Gasteiger partial charge on any atom is -0.464 e. The highest BCUT2D eigenvalue weighted by molar-refractivity contribution is 5.89. The molecular weight excluding hydrogens is 490 g/mol. The summed E-state index contributed by atoms with van der Waals surface area (Å²) in [5.41, 5.74) is 12.2. The summed E-state index contributed by atoms with van der Waals surface area (Å²) >= 11 is 0. The fourth-order valence-electron chi connectivity index (χ4n) is 6.01. The number of nitriles is 1. The quantitative estimate of drug-likeness (QED) is 0.211. The summed E-state index contributed by atoms with van der Waals surface area (Å²) in [5.74, 6) is 1.65. The summed E-state index contributed by atoms with van der Waals surface area (Å²) in [7, 11) is 2.13. The van der Waals surface area contributed by atoms with Gasteiger partial charge in [0, 0.05) is 22.6 Å². The van der Waals surface area contributed by atoms with Gasteiger partial charge in [-0.25, -0.2) is 4.57 Å². The van der Waals surface area contributed by atoms with Gasteiger partial charge in [0.1, 0.15) is 11.3 Å². The van der Waals surface area contributed by atoms with Crippen LogP contribution in [0, 0.1) is 18.3 Å². The highest BCUT2D eigenvalue weighted by Gasteiger charge is 2.32. The third-order valence-electron chi connectivity index (χ3n) is 8.13. The minimum atomic E-state index is 0.281. The summed E-state index contributed by atoms with van der Waals surface area (Å²) in [6.07, 6.45) is 1.76. The van der Waals surface area contributed by atoms with Crippen molar-refractivity contribution >= 4 is 22.0 Å². The molecule has 0 aliphatic heterocycles. The largest absolute Gasteiger partial charge is 0.464 e. The molecule has 0 aliphatic rings. The maximum Gasteiger partial charge on any atom is 0.295 e. The maximum absolute atomic E-state index is 9.86. The van der Waals surface area contributed by atoms with Crippen molar-refractivity contribution in [2.45, 2.75) is 46.5 Å². The van der Waals surface area contributed by atoms with Gasteiger partial charge < -0.3 is 4.42 Å². The van der Waals surface area contributed by atoms with Crippen LogP contribution in [0.3, 0.4) is 0 Å². The molecule has 0 bridgehead atoms.